The third-order valence-corrected chi connectivity index (χ3v) is 7.17. The summed E-state index contributed by atoms with van der Waals surface area (Å²) in [6, 6.07) is 7.56. The molecule has 0 saturated carbocycles. The lowest BCUT2D eigenvalue weighted by atomic mass is 9.90. The zero-order chi connectivity index (χ0) is 25.5. The molecule has 0 fully saturated rings. The number of aliphatic hydroxyl groups is 1. The Morgan fingerprint density at radius 2 is 1.86 bits per heavy atom. The summed E-state index contributed by atoms with van der Waals surface area (Å²) in [7, 11) is 0. The molecule has 0 unspecified atom stereocenters. The van der Waals surface area contributed by atoms with Crippen LogP contribution in [0.1, 0.15) is 39.9 Å². The number of aryl methyl sites for hydroxylation is 2. The van der Waals surface area contributed by atoms with E-state index in [0.717, 1.165) is 49.9 Å². The van der Waals surface area contributed by atoms with E-state index < -0.39 is 30.1 Å². The minimum atomic E-state index is -1.24. The molecular formula is C27H27N3O7. The van der Waals surface area contributed by atoms with Crippen LogP contribution >= 0.6 is 0 Å². The van der Waals surface area contributed by atoms with Crippen LogP contribution in [-0.4, -0.2) is 49.5 Å². The molecule has 1 aromatic heterocycles. The molecule has 0 bridgehead atoms. The molecule has 192 valence electrons. The molecule has 3 N–H and O–H groups in total. The largest absolute Gasteiger partial charge is 0.454 e. The highest BCUT2D eigenvalue weighted by molar-refractivity contribution is 6.00. The first-order chi connectivity index (χ1) is 18.0. The van der Waals surface area contributed by atoms with Crippen LogP contribution in [0.25, 0.3) is 11.0 Å². The van der Waals surface area contributed by atoms with Gasteiger partial charge in [-0.25, -0.2) is 4.79 Å². The summed E-state index contributed by atoms with van der Waals surface area (Å²) < 4.78 is 16.3. The van der Waals surface area contributed by atoms with Gasteiger partial charge in [0, 0.05) is 36.3 Å². The Bertz CT molecular complexity index is 1460. The van der Waals surface area contributed by atoms with E-state index in [1.165, 1.54) is 17.3 Å². The number of nitrogens with zero attached hydrogens (tertiary/aromatic N) is 1. The number of amides is 2. The molecule has 10 nitrogen and oxygen atoms in total. The van der Waals surface area contributed by atoms with Gasteiger partial charge in [-0.1, -0.05) is 6.07 Å². The van der Waals surface area contributed by atoms with Gasteiger partial charge in [-0.2, -0.15) is 0 Å². The van der Waals surface area contributed by atoms with Crippen molar-refractivity contribution in [3.63, 3.8) is 0 Å². The van der Waals surface area contributed by atoms with E-state index in [2.05, 4.69) is 15.5 Å². The van der Waals surface area contributed by atoms with Crippen molar-refractivity contribution in [2.75, 3.05) is 31.4 Å². The van der Waals surface area contributed by atoms with E-state index in [9.17, 15) is 19.5 Å². The monoisotopic (exact) mass is 505 g/mol. The number of hydrogen-bond donors (Lipinski definition) is 3. The van der Waals surface area contributed by atoms with Crippen molar-refractivity contribution in [2.45, 2.75) is 38.3 Å². The van der Waals surface area contributed by atoms with E-state index in [0.29, 0.717) is 22.5 Å². The zero-order valence-electron chi connectivity index (χ0n) is 20.2. The minimum Gasteiger partial charge on any atom is -0.454 e. The van der Waals surface area contributed by atoms with Crippen LogP contribution in [-0.2, 0) is 24.2 Å². The van der Waals surface area contributed by atoms with E-state index in [4.69, 9.17) is 13.9 Å². The number of carbonyl (C=O) groups is 2. The van der Waals surface area contributed by atoms with Gasteiger partial charge in [0.25, 0.3) is 5.91 Å². The van der Waals surface area contributed by atoms with Gasteiger partial charge in [0.15, 0.2) is 11.5 Å². The zero-order valence-corrected chi connectivity index (χ0v) is 20.2. The van der Waals surface area contributed by atoms with Gasteiger partial charge < -0.3 is 34.5 Å². The molecule has 0 radical (unpaired) electrons. The van der Waals surface area contributed by atoms with Crippen molar-refractivity contribution in [2.24, 2.45) is 0 Å². The smallest absolute Gasteiger partial charge is 0.349 e. The minimum absolute atomic E-state index is 0.148. The first-order valence-corrected chi connectivity index (χ1v) is 12.5. The number of aliphatic hydroxyl groups excluding tert-OH is 1. The number of fused-ring (bicyclic) bond motifs is 3. The van der Waals surface area contributed by atoms with Crippen molar-refractivity contribution < 1.29 is 28.6 Å². The number of benzene rings is 2. The van der Waals surface area contributed by atoms with Gasteiger partial charge in [0.05, 0.1) is 6.61 Å². The third kappa shape index (κ3) is 4.27. The third-order valence-electron chi connectivity index (χ3n) is 7.17. The van der Waals surface area contributed by atoms with Crippen molar-refractivity contribution in [3.05, 3.63) is 63.0 Å². The van der Waals surface area contributed by atoms with E-state index in [1.54, 1.807) is 18.2 Å². The maximum absolute atomic E-state index is 13.0. The Balaban J connectivity index is 1.20. The molecule has 2 aromatic carbocycles. The molecule has 3 aliphatic heterocycles. The maximum Gasteiger partial charge on any atom is 0.349 e. The fraction of sp³-hybridized carbons (Fsp3) is 0.370. The quantitative estimate of drug-likeness (QED) is 0.431. The number of rotatable bonds is 6. The lowest BCUT2D eigenvalue weighted by Gasteiger charge is -2.37. The van der Waals surface area contributed by atoms with Crippen LogP contribution in [0.3, 0.4) is 0 Å². The van der Waals surface area contributed by atoms with Crippen molar-refractivity contribution in [3.8, 4) is 11.5 Å². The Morgan fingerprint density at radius 3 is 2.70 bits per heavy atom. The number of hydrogen-bond acceptors (Lipinski definition) is 8. The van der Waals surface area contributed by atoms with Crippen molar-refractivity contribution in [1.29, 1.82) is 0 Å². The summed E-state index contributed by atoms with van der Waals surface area (Å²) in [5, 5.41) is 15.6. The normalized spacial score (nSPS) is 16.3. The second kappa shape index (κ2) is 9.44. The van der Waals surface area contributed by atoms with Gasteiger partial charge in [-0.05, 0) is 61.1 Å². The second-order valence-corrected chi connectivity index (χ2v) is 9.54. The number of carbonyl (C=O) groups excluding carboxylic acids is 2. The Hall–Kier alpha value is -4.05. The Kier molecular flexibility index (Phi) is 5.96. The van der Waals surface area contributed by atoms with Crippen LogP contribution in [0.15, 0.2) is 39.5 Å². The van der Waals surface area contributed by atoms with Gasteiger partial charge in [-0.15, -0.1) is 0 Å². The molecule has 1 atom stereocenters. The van der Waals surface area contributed by atoms with Crippen molar-refractivity contribution >= 4 is 28.5 Å². The fourth-order valence-corrected chi connectivity index (χ4v) is 5.40. The molecule has 6 rings (SSSR count). The van der Waals surface area contributed by atoms with E-state index in [1.807, 2.05) is 6.07 Å². The SMILES string of the molecule is O=C(N[C@@H](CO)C(=O)NCc1ccc2c(c1)OCO2)c1cc2cc3c4c(c2oc1=O)CCCN4CCC3. The summed E-state index contributed by atoms with van der Waals surface area (Å²) in [6.45, 7) is 1.66. The molecule has 0 spiro atoms. The molecule has 3 aromatic rings. The molecule has 37 heavy (non-hydrogen) atoms. The molecule has 4 heterocycles. The number of ether oxygens (including phenoxy) is 2. The summed E-state index contributed by atoms with van der Waals surface area (Å²) in [4.78, 5) is 40.8. The molecule has 3 aliphatic rings. The van der Waals surface area contributed by atoms with Crippen LogP contribution in [0.4, 0.5) is 5.69 Å². The van der Waals surface area contributed by atoms with Crippen molar-refractivity contribution in [1.82, 2.24) is 10.6 Å². The molecule has 10 heteroatoms. The van der Waals surface area contributed by atoms with E-state index in [-0.39, 0.29) is 18.9 Å². The maximum atomic E-state index is 13.0. The molecule has 2 amide bonds. The number of anilines is 1. The van der Waals surface area contributed by atoms with Crippen LogP contribution in [0.2, 0.25) is 0 Å². The molecular weight excluding hydrogens is 478 g/mol. The average Bonchev–Trinajstić information content (AvgIpc) is 3.38. The predicted octanol–water partition coefficient (Wildman–Crippen LogP) is 1.63. The van der Waals surface area contributed by atoms with Crippen LogP contribution < -0.4 is 30.6 Å². The van der Waals surface area contributed by atoms with E-state index >= 15 is 0 Å². The fourth-order valence-electron chi connectivity index (χ4n) is 5.40. The summed E-state index contributed by atoms with van der Waals surface area (Å²) in [5.41, 5.74) is 3.71. The number of nitrogens with one attached hydrogen (secondary N) is 2. The lowest BCUT2D eigenvalue weighted by Crippen LogP contribution is -2.49. The summed E-state index contributed by atoms with van der Waals surface area (Å²) in [5.74, 6) is -0.143. The van der Waals surface area contributed by atoms with Gasteiger partial charge in [0.2, 0.25) is 12.7 Å². The van der Waals surface area contributed by atoms with Gasteiger partial charge >= 0.3 is 5.63 Å². The topological polar surface area (TPSA) is 130 Å². The Labute approximate surface area is 212 Å². The van der Waals surface area contributed by atoms with Gasteiger partial charge in [0.1, 0.15) is 17.2 Å². The molecule has 0 saturated heterocycles. The predicted molar refractivity (Wildman–Crippen MR) is 134 cm³/mol. The summed E-state index contributed by atoms with van der Waals surface area (Å²) >= 11 is 0. The van der Waals surface area contributed by atoms with Crippen LogP contribution in [0.5, 0.6) is 11.5 Å². The average molecular weight is 506 g/mol. The Morgan fingerprint density at radius 1 is 1.05 bits per heavy atom. The lowest BCUT2D eigenvalue weighted by molar-refractivity contribution is -0.124. The highest BCUT2D eigenvalue weighted by Crippen LogP contribution is 2.39. The molecule has 0 aliphatic carbocycles. The van der Waals surface area contributed by atoms with Gasteiger partial charge in [-0.3, -0.25) is 9.59 Å². The first-order valence-electron chi connectivity index (χ1n) is 12.5. The standard InChI is InChI=1S/C27H27N3O7/c31-13-20(26(33)28-12-15-5-6-21-22(9-15)36-14-35-21)29-25(32)19-11-17-10-16-3-1-7-30-8-2-4-18(23(16)30)24(17)37-27(19)34/h5-6,9-11,20,31H,1-4,7-8,12-14H2,(H,28,33)(H,29,32)/t20-/m0/s1. The highest BCUT2D eigenvalue weighted by Gasteiger charge is 2.28. The summed E-state index contributed by atoms with van der Waals surface area (Å²) in [6.07, 6.45) is 3.80. The van der Waals surface area contributed by atoms with Crippen LogP contribution in [0, 0.1) is 0 Å². The highest BCUT2D eigenvalue weighted by atomic mass is 16.7. The second-order valence-electron chi connectivity index (χ2n) is 9.54. The first kappa shape index (κ1) is 23.4.